The van der Waals surface area contributed by atoms with Crippen molar-refractivity contribution in [2.24, 2.45) is 0 Å². The lowest BCUT2D eigenvalue weighted by Gasteiger charge is -2.35. The normalized spacial score (nSPS) is 13.5. The number of imidazole rings is 1. The number of nitrogens with zero attached hydrogens (tertiary/aromatic N) is 7. The van der Waals surface area contributed by atoms with Crippen molar-refractivity contribution >= 4 is 29.0 Å². The highest BCUT2D eigenvalue weighted by molar-refractivity contribution is 6.00. The standard InChI is InChI=1S/C25H29N7O.2C2HF3O2/c1-28(2)13-14-29-12-8-20(19-29)24-27-23(22-5-3-4-11-32(22)24)25(33)31-17-15-30(16-18-31)21-6-9-26-10-7-21;2*3-2(4,5)1(6)7/h3-12,19H,13-18H2,1-2H3;2*(H,6,7). The Morgan fingerprint density at radius 1 is 0.851 bits per heavy atom. The van der Waals surface area contributed by atoms with Crippen LogP contribution in [0.25, 0.3) is 16.9 Å². The minimum absolute atomic E-state index is 0.00799. The average Bonchev–Trinajstić information content (AvgIpc) is 3.65. The van der Waals surface area contributed by atoms with Crippen molar-refractivity contribution in [3.8, 4) is 11.4 Å². The fourth-order valence-corrected chi connectivity index (χ4v) is 4.30. The maximum Gasteiger partial charge on any atom is 0.490 e. The molecule has 4 aromatic heterocycles. The zero-order valence-electron chi connectivity index (χ0n) is 25.1. The number of hydrogen-bond donors (Lipinski definition) is 2. The predicted molar refractivity (Wildman–Crippen MR) is 157 cm³/mol. The highest BCUT2D eigenvalue weighted by Gasteiger charge is 2.39. The van der Waals surface area contributed by atoms with E-state index >= 15 is 0 Å². The SMILES string of the molecule is CN(C)CCn1ccc(-c2nc(C(=O)N3CCN(c4ccncc4)CC3)c3ccccn23)c1.O=C(O)C(F)(F)F.O=C(O)C(F)(F)F. The summed E-state index contributed by atoms with van der Waals surface area (Å²) in [6, 6.07) is 12.0. The van der Waals surface area contributed by atoms with Crippen LogP contribution in [0.3, 0.4) is 0 Å². The van der Waals surface area contributed by atoms with Crippen LogP contribution in [0.2, 0.25) is 0 Å². The van der Waals surface area contributed by atoms with Gasteiger partial charge in [0.1, 0.15) is 5.82 Å². The monoisotopic (exact) mass is 671 g/mol. The van der Waals surface area contributed by atoms with Gasteiger partial charge in [-0.15, -0.1) is 0 Å². The van der Waals surface area contributed by atoms with Gasteiger partial charge in [-0.2, -0.15) is 26.3 Å². The first kappa shape index (κ1) is 36.3. The summed E-state index contributed by atoms with van der Waals surface area (Å²) in [5, 5.41) is 14.2. The second kappa shape index (κ2) is 15.4. The summed E-state index contributed by atoms with van der Waals surface area (Å²) in [5.74, 6) is -4.72. The topological polar surface area (TPSA) is 137 Å². The van der Waals surface area contributed by atoms with Crippen molar-refractivity contribution in [1.29, 1.82) is 0 Å². The summed E-state index contributed by atoms with van der Waals surface area (Å²) in [6.07, 6.45) is -0.401. The molecule has 1 aliphatic heterocycles. The van der Waals surface area contributed by atoms with E-state index in [1.807, 2.05) is 45.8 Å². The Labute approximate surface area is 264 Å². The first-order valence-electron chi connectivity index (χ1n) is 13.8. The van der Waals surface area contributed by atoms with Crippen LogP contribution in [-0.4, -0.2) is 116 Å². The third-order valence-corrected chi connectivity index (χ3v) is 6.64. The maximum atomic E-state index is 13.5. The Morgan fingerprint density at radius 2 is 1.43 bits per heavy atom. The first-order valence-corrected chi connectivity index (χ1v) is 13.8. The molecule has 0 aliphatic carbocycles. The van der Waals surface area contributed by atoms with Gasteiger partial charge >= 0.3 is 24.3 Å². The molecule has 0 atom stereocenters. The molecule has 0 unspecified atom stereocenters. The number of piperazine rings is 1. The van der Waals surface area contributed by atoms with Gasteiger partial charge in [0.2, 0.25) is 0 Å². The Balaban J connectivity index is 0.000000360. The van der Waals surface area contributed by atoms with Gasteiger partial charge < -0.3 is 29.5 Å². The lowest BCUT2D eigenvalue weighted by atomic mass is 10.2. The van der Waals surface area contributed by atoms with E-state index in [9.17, 15) is 31.1 Å². The minimum Gasteiger partial charge on any atom is -0.475 e. The molecule has 0 bridgehead atoms. The summed E-state index contributed by atoms with van der Waals surface area (Å²) in [6.45, 7) is 4.80. The zero-order chi connectivity index (χ0) is 34.9. The van der Waals surface area contributed by atoms with E-state index < -0.39 is 24.3 Å². The molecule has 5 heterocycles. The number of aromatic nitrogens is 4. The molecule has 254 valence electrons. The summed E-state index contributed by atoms with van der Waals surface area (Å²) >= 11 is 0. The number of amides is 1. The molecule has 4 aromatic rings. The molecule has 0 radical (unpaired) electrons. The Hall–Kier alpha value is -5.13. The molecule has 5 rings (SSSR count). The summed E-state index contributed by atoms with van der Waals surface area (Å²) in [4.78, 5) is 46.6. The van der Waals surface area contributed by atoms with Gasteiger partial charge in [-0.05, 0) is 44.4 Å². The van der Waals surface area contributed by atoms with Gasteiger partial charge in [-0.1, -0.05) is 6.07 Å². The number of anilines is 1. The number of carbonyl (C=O) groups excluding carboxylic acids is 1. The summed E-state index contributed by atoms with van der Waals surface area (Å²) < 4.78 is 67.7. The molecule has 0 saturated carbocycles. The van der Waals surface area contributed by atoms with Crippen LogP contribution in [0.15, 0.2) is 67.4 Å². The van der Waals surface area contributed by atoms with Crippen LogP contribution in [0.4, 0.5) is 32.0 Å². The number of aliphatic carboxylic acids is 2. The third-order valence-electron chi connectivity index (χ3n) is 6.64. The first-order chi connectivity index (χ1) is 22.0. The molecule has 0 aromatic carbocycles. The molecule has 12 nitrogen and oxygen atoms in total. The largest absolute Gasteiger partial charge is 0.490 e. The van der Waals surface area contributed by atoms with Crippen LogP contribution in [0.5, 0.6) is 0 Å². The van der Waals surface area contributed by atoms with Gasteiger partial charge in [-0.25, -0.2) is 14.6 Å². The molecule has 18 heteroatoms. The van der Waals surface area contributed by atoms with Gasteiger partial charge in [0.15, 0.2) is 5.69 Å². The zero-order valence-corrected chi connectivity index (χ0v) is 25.1. The number of hydrogen-bond acceptors (Lipinski definition) is 7. The number of alkyl halides is 6. The van der Waals surface area contributed by atoms with Crippen molar-refractivity contribution in [3.63, 3.8) is 0 Å². The molecule has 1 aliphatic rings. The van der Waals surface area contributed by atoms with Crippen LogP contribution >= 0.6 is 0 Å². The number of likely N-dealkylation sites (N-methyl/N-ethyl adjacent to an activating group) is 1. The van der Waals surface area contributed by atoms with Crippen molar-refractivity contribution in [1.82, 2.24) is 28.7 Å². The summed E-state index contributed by atoms with van der Waals surface area (Å²) in [7, 11) is 4.14. The number of pyridine rings is 2. The van der Waals surface area contributed by atoms with E-state index in [2.05, 4.69) is 51.9 Å². The van der Waals surface area contributed by atoms with Crippen LogP contribution in [0, 0.1) is 0 Å². The second-order valence-corrected chi connectivity index (χ2v) is 10.3. The average molecular weight is 672 g/mol. The molecule has 1 saturated heterocycles. The van der Waals surface area contributed by atoms with Gasteiger partial charge in [-0.3, -0.25) is 14.2 Å². The predicted octanol–water partition coefficient (Wildman–Crippen LogP) is 3.99. The number of fused-ring (bicyclic) bond motifs is 1. The lowest BCUT2D eigenvalue weighted by molar-refractivity contribution is -0.193. The molecule has 1 fully saturated rings. The number of carbonyl (C=O) groups is 3. The van der Waals surface area contributed by atoms with Crippen molar-refractivity contribution < 1.29 is 50.9 Å². The van der Waals surface area contributed by atoms with Crippen LogP contribution in [0.1, 0.15) is 10.5 Å². The fourth-order valence-electron chi connectivity index (χ4n) is 4.30. The van der Waals surface area contributed by atoms with Crippen molar-refractivity contribution in [3.05, 3.63) is 73.1 Å². The Morgan fingerprint density at radius 3 is 1.96 bits per heavy atom. The molecular formula is C29H31F6N7O5. The fraction of sp³-hybridized carbons (Fsp3) is 0.345. The molecule has 47 heavy (non-hydrogen) atoms. The molecule has 1 amide bonds. The van der Waals surface area contributed by atoms with E-state index in [1.165, 1.54) is 0 Å². The number of rotatable bonds is 6. The quantitative estimate of drug-likeness (QED) is 0.292. The Kier molecular flexibility index (Phi) is 11.9. The van der Waals surface area contributed by atoms with E-state index in [1.54, 1.807) is 12.4 Å². The van der Waals surface area contributed by atoms with Gasteiger partial charge in [0.05, 0.1) is 5.52 Å². The Bertz CT molecular complexity index is 1620. The van der Waals surface area contributed by atoms with E-state index in [0.717, 1.165) is 48.8 Å². The molecular weight excluding hydrogens is 640 g/mol. The highest BCUT2D eigenvalue weighted by Crippen LogP contribution is 2.25. The third kappa shape index (κ3) is 10.2. The summed E-state index contributed by atoms with van der Waals surface area (Å²) in [5.41, 5.74) is 3.52. The lowest BCUT2D eigenvalue weighted by Crippen LogP contribution is -2.49. The van der Waals surface area contributed by atoms with Gasteiger partial charge in [0.25, 0.3) is 5.91 Å². The number of carboxylic acid groups (broad SMARTS) is 2. The maximum absolute atomic E-state index is 13.5. The van der Waals surface area contributed by atoms with Crippen molar-refractivity contribution in [2.75, 3.05) is 51.7 Å². The van der Waals surface area contributed by atoms with Gasteiger partial charge in [0, 0.05) is 81.5 Å². The number of carboxylic acids is 2. The smallest absolute Gasteiger partial charge is 0.475 e. The molecule has 2 N–H and O–H groups in total. The second-order valence-electron chi connectivity index (χ2n) is 10.3. The van der Waals surface area contributed by atoms with E-state index in [-0.39, 0.29) is 5.91 Å². The van der Waals surface area contributed by atoms with E-state index in [4.69, 9.17) is 24.8 Å². The van der Waals surface area contributed by atoms with Crippen LogP contribution < -0.4 is 4.90 Å². The van der Waals surface area contributed by atoms with Crippen molar-refractivity contribution in [2.45, 2.75) is 18.9 Å². The molecule has 0 spiro atoms. The highest BCUT2D eigenvalue weighted by atomic mass is 19.4. The number of halogens is 6. The van der Waals surface area contributed by atoms with Crippen LogP contribution in [-0.2, 0) is 16.1 Å². The minimum atomic E-state index is -5.08. The van der Waals surface area contributed by atoms with E-state index in [0.29, 0.717) is 18.8 Å².